The van der Waals surface area contributed by atoms with Gasteiger partial charge in [-0.2, -0.15) is 10.1 Å². The molecular formula is C27H34N10O2. The van der Waals surface area contributed by atoms with Crippen molar-refractivity contribution in [1.29, 1.82) is 0 Å². The Kier molecular flexibility index (Phi) is 5.78. The first-order chi connectivity index (χ1) is 18.9. The Morgan fingerprint density at radius 2 is 1.97 bits per heavy atom. The molecule has 2 saturated heterocycles. The van der Waals surface area contributed by atoms with E-state index in [1.54, 1.807) is 0 Å². The number of nitrogens with zero attached hydrogens (tertiary/aromatic N) is 8. The third-order valence-corrected chi connectivity index (χ3v) is 8.63. The summed E-state index contributed by atoms with van der Waals surface area (Å²) in [7, 11) is 0. The van der Waals surface area contributed by atoms with Crippen molar-refractivity contribution in [3.63, 3.8) is 0 Å². The van der Waals surface area contributed by atoms with Gasteiger partial charge in [0.1, 0.15) is 11.5 Å². The molecule has 2 fully saturated rings. The van der Waals surface area contributed by atoms with Gasteiger partial charge in [-0.05, 0) is 44.7 Å². The Morgan fingerprint density at radius 1 is 1.13 bits per heavy atom. The molecule has 1 spiro atoms. The van der Waals surface area contributed by atoms with E-state index in [-0.39, 0.29) is 23.5 Å². The molecule has 204 valence electrons. The molecule has 3 aliphatic heterocycles. The Balaban J connectivity index is 1.12. The number of aromatic nitrogens is 7. The monoisotopic (exact) mass is 530 g/mol. The first kappa shape index (κ1) is 24.4. The van der Waals surface area contributed by atoms with Gasteiger partial charge in [-0.3, -0.25) is 5.10 Å². The molecule has 0 unspecified atom stereocenters. The maximum atomic E-state index is 6.50. The van der Waals surface area contributed by atoms with E-state index in [4.69, 9.17) is 29.9 Å². The van der Waals surface area contributed by atoms with Crippen molar-refractivity contribution in [2.45, 2.75) is 64.5 Å². The Labute approximate surface area is 226 Å². The van der Waals surface area contributed by atoms with Crippen molar-refractivity contribution in [3.05, 3.63) is 29.9 Å². The highest BCUT2D eigenvalue weighted by Crippen LogP contribution is 2.42. The number of fused-ring (bicyclic) bond motifs is 2. The van der Waals surface area contributed by atoms with Gasteiger partial charge in [0.2, 0.25) is 11.7 Å². The molecule has 0 aromatic carbocycles. The van der Waals surface area contributed by atoms with Gasteiger partial charge in [0.25, 0.3) is 0 Å². The quantitative estimate of drug-likeness (QED) is 0.400. The first-order valence-electron chi connectivity index (χ1n) is 13.9. The molecule has 7 heterocycles. The van der Waals surface area contributed by atoms with E-state index in [2.05, 4.69) is 43.1 Å². The normalized spacial score (nSPS) is 22.8. The number of aromatic amines is 1. The fourth-order valence-electron chi connectivity index (χ4n) is 6.14. The summed E-state index contributed by atoms with van der Waals surface area (Å²) in [5, 5.41) is 11.9. The van der Waals surface area contributed by atoms with Crippen molar-refractivity contribution in [3.8, 4) is 11.5 Å². The molecule has 0 aliphatic carbocycles. The number of anilines is 3. The van der Waals surface area contributed by atoms with Crippen molar-refractivity contribution in [1.82, 2.24) is 35.3 Å². The summed E-state index contributed by atoms with van der Waals surface area (Å²) in [6.45, 7) is 9.48. The molecule has 2 atom stereocenters. The molecule has 12 heteroatoms. The minimum absolute atomic E-state index is 0.0740. The fraction of sp³-hybridized carbons (Fsp3) is 0.556. The number of H-pyrrole nitrogens is 1. The predicted octanol–water partition coefficient (Wildman–Crippen LogP) is 3.34. The number of nitrogens with two attached hydrogens (primary N) is 1. The standard InChI is InChI=1S/C27H34N10O2/c1-15(2)26-32-23(35-39-26)18-6-7-19-17(30-18)5-4-10-37(19)25-21-24(33-34-25)31-20(13-29-21)36-11-8-27(9-12-36)14-38-16(3)22(27)28/h6-7,13,15-16,22H,4-5,8-12,14,28H2,1-3H3,(H,31,33,34)/t16-,22+/m0/s1. The highest BCUT2D eigenvalue weighted by atomic mass is 16.5. The highest BCUT2D eigenvalue weighted by Gasteiger charge is 2.47. The SMILES string of the molecule is CC(C)c1nc(-c2ccc3c(n2)CCCN3c2n[nH]c3nc(N4CCC5(CC4)CO[C@@H](C)[C@H]5N)cnc23)no1. The molecule has 39 heavy (non-hydrogen) atoms. The zero-order chi connectivity index (χ0) is 26.7. The van der Waals surface area contributed by atoms with Gasteiger partial charge in [0.05, 0.1) is 30.3 Å². The van der Waals surface area contributed by atoms with Crippen LogP contribution in [-0.4, -0.2) is 73.7 Å². The molecule has 12 nitrogen and oxygen atoms in total. The molecule has 0 saturated carbocycles. The van der Waals surface area contributed by atoms with E-state index >= 15 is 0 Å². The lowest BCUT2D eigenvalue weighted by molar-refractivity contribution is 0.0974. The number of aryl methyl sites for hydroxylation is 1. The van der Waals surface area contributed by atoms with E-state index in [9.17, 15) is 0 Å². The molecule has 7 rings (SSSR count). The average Bonchev–Trinajstić information content (AvgIpc) is 3.68. The van der Waals surface area contributed by atoms with Crippen LogP contribution in [0.2, 0.25) is 0 Å². The molecule has 0 radical (unpaired) electrons. The van der Waals surface area contributed by atoms with Crippen LogP contribution in [0, 0.1) is 5.41 Å². The second kappa shape index (κ2) is 9.23. The molecule has 0 amide bonds. The van der Waals surface area contributed by atoms with Crippen LogP contribution < -0.4 is 15.5 Å². The van der Waals surface area contributed by atoms with E-state index in [1.807, 2.05) is 26.1 Å². The zero-order valence-corrected chi connectivity index (χ0v) is 22.6. The molecule has 0 bridgehead atoms. The van der Waals surface area contributed by atoms with Crippen LogP contribution in [0.15, 0.2) is 22.9 Å². The smallest absolute Gasteiger partial charge is 0.229 e. The third-order valence-electron chi connectivity index (χ3n) is 8.63. The molecule has 4 aromatic rings. The number of rotatable bonds is 4. The number of nitrogens with one attached hydrogen (secondary N) is 1. The first-order valence-corrected chi connectivity index (χ1v) is 13.9. The highest BCUT2D eigenvalue weighted by molar-refractivity contribution is 5.87. The largest absolute Gasteiger partial charge is 0.376 e. The topological polar surface area (TPSA) is 148 Å². The number of piperidine rings is 1. The van der Waals surface area contributed by atoms with Gasteiger partial charge < -0.3 is 24.8 Å². The van der Waals surface area contributed by atoms with Crippen LogP contribution in [-0.2, 0) is 11.2 Å². The summed E-state index contributed by atoms with van der Waals surface area (Å²) in [4.78, 5) is 23.6. The average molecular weight is 531 g/mol. The van der Waals surface area contributed by atoms with Gasteiger partial charge in [-0.25, -0.2) is 15.0 Å². The second-order valence-electron chi connectivity index (χ2n) is 11.4. The van der Waals surface area contributed by atoms with Gasteiger partial charge in [-0.15, -0.1) is 0 Å². The summed E-state index contributed by atoms with van der Waals surface area (Å²) in [6.07, 6.45) is 5.80. The minimum Gasteiger partial charge on any atom is -0.376 e. The minimum atomic E-state index is 0.0740. The maximum Gasteiger partial charge on any atom is 0.229 e. The van der Waals surface area contributed by atoms with E-state index in [0.717, 1.165) is 80.5 Å². The van der Waals surface area contributed by atoms with E-state index in [0.29, 0.717) is 23.1 Å². The number of hydrogen-bond acceptors (Lipinski definition) is 11. The van der Waals surface area contributed by atoms with Crippen molar-refractivity contribution in [2.24, 2.45) is 11.1 Å². The van der Waals surface area contributed by atoms with Crippen LogP contribution in [0.5, 0.6) is 0 Å². The van der Waals surface area contributed by atoms with E-state index < -0.39 is 0 Å². The van der Waals surface area contributed by atoms with Crippen LogP contribution in [0.1, 0.15) is 57.5 Å². The van der Waals surface area contributed by atoms with Crippen molar-refractivity contribution >= 4 is 28.5 Å². The van der Waals surface area contributed by atoms with E-state index in [1.165, 1.54) is 0 Å². The van der Waals surface area contributed by atoms with Gasteiger partial charge in [-0.1, -0.05) is 19.0 Å². The molecular weight excluding hydrogens is 496 g/mol. The summed E-state index contributed by atoms with van der Waals surface area (Å²) < 4.78 is 11.3. The maximum absolute atomic E-state index is 6.50. The van der Waals surface area contributed by atoms with Crippen LogP contribution in [0.25, 0.3) is 22.7 Å². The summed E-state index contributed by atoms with van der Waals surface area (Å²) in [5.74, 6) is 2.93. The summed E-state index contributed by atoms with van der Waals surface area (Å²) >= 11 is 0. The van der Waals surface area contributed by atoms with Crippen LogP contribution >= 0.6 is 0 Å². The Hall–Kier alpha value is -3.64. The zero-order valence-electron chi connectivity index (χ0n) is 22.6. The van der Waals surface area contributed by atoms with Gasteiger partial charge in [0.15, 0.2) is 17.0 Å². The van der Waals surface area contributed by atoms with Gasteiger partial charge in [0, 0.05) is 37.0 Å². The molecule has 3 aliphatic rings. The van der Waals surface area contributed by atoms with Crippen LogP contribution in [0.4, 0.5) is 17.3 Å². The van der Waals surface area contributed by atoms with Gasteiger partial charge >= 0.3 is 0 Å². The Morgan fingerprint density at radius 3 is 2.72 bits per heavy atom. The number of hydrogen-bond donors (Lipinski definition) is 2. The number of ether oxygens (including phenoxy) is 1. The lowest BCUT2D eigenvalue weighted by Crippen LogP contribution is -2.50. The Bertz CT molecular complexity index is 1510. The lowest BCUT2D eigenvalue weighted by atomic mass is 9.73. The summed E-state index contributed by atoms with van der Waals surface area (Å²) in [5.41, 5.74) is 10.7. The molecule has 4 aromatic heterocycles. The number of pyridine rings is 1. The predicted molar refractivity (Wildman–Crippen MR) is 146 cm³/mol. The van der Waals surface area contributed by atoms with Crippen molar-refractivity contribution < 1.29 is 9.26 Å². The molecule has 3 N–H and O–H groups in total. The fourth-order valence-corrected chi connectivity index (χ4v) is 6.14. The van der Waals surface area contributed by atoms with Crippen molar-refractivity contribution in [2.75, 3.05) is 36.0 Å². The third kappa shape index (κ3) is 4.04. The lowest BCUT2D eigenvalue weighted by Gasteiger charge is -2.41. The second-order valence-corrected chi connectivity index (χ2v) is 11.4. The summed E-state index contributed by atoms with van der Waals surface area (Å²) in [6, 6.07) is 4.09. The van der Waals surface area contributed by atoms with Crippen LogP contribution in [0.3, 0.4) is 0 Å².